The lowest BCUT2D eigenvalue weighted by Gasteiger charge is -2.08. The van der Waals surface area contributed by atoms with E-state index in [0.717, 1.165) is 5.39 Å². The summed E-state index contributed by atoms with van der Waals surface area (Å²) in [6, 6.07) is 10.6. The molecule has 0 spiro atoms. The monoisotopic (exact) mass is 337 g/mol. The number of alkyl halides is 3. The lowest BCUT2D eigenvalue weighted by molar-refractivity contribution is -0.0328. The number of halogens is 3. The van der Waals surface area contributed by atoms with Crippen LogP contribution in [0.3, 0.4) is 0 Å². The SMILES string of the molecule is O=C(Nc1cccc2cn[nH]c12)c1ccc(SC(F)(F)F)cc1. The van der Waals surface area contributed by atoms with Gasteiger partial charge in [-0.05, 0) is 42.1 Å². The van der Waals surface area contributed by atoms with Crippen LogP contribution >= 0.6 is 11.8 Å². The number of para-hydroxylation sites is 1. The number of thioether (sulfide) groups is 1. The summed E-state index contributed by atoms with van der Waals surface area (Å²) < 4.78 is 36.8. The summed E-state index contributed by atoms with van der Waals surface area (Å²) in [6.07, 6.45) is 1.63. The Labute approximate surface area is 133 Å². The third-order valence-corrected chi connectivity index (χ3v) is 3.81. The molecule has 0 radical (unpaired) electrons. The first-order valence-corrected chi connectivity index (χ1v) is 7.33. The maximum absolute atomic E-state index is 12.3. The molecule has 23 heavy (non-hydrogen) atoms. The highest BCUT2D eigenvalue weighted by molar-refractivity contribution is 8.00. The van der Waals surface area contributed by atoms with Gasteiger partial charge in [-0.15, -0.1) is 0 Å². The first-order chi connectivity index (χ1) is 10.9. The zero-order valence-electron chi connectivity index (χ0n) is 11.5. The van der Waals surface area contributed by atoms with E-state index in [9.17, 15) is 18.0 Å². The van der Waals surface area contributed by atoms with Crippen molar-refractivity contribution in [1.82, 2.24) is 10.2 Å². The van der Waals surface area contributed by atoms with Crippen LogP contribution in [0.25, 0.3) is 10.9 Å². The molecule has 0 aliphatic heterocycles. The van der Waals surface area contributed by atoms with Gasteiger partial charge in [-0.2, -0.15) is 18.3 Å². The van der Waals surface area contributed by atoms with Gasteiger partial charge in [0.25, 0.3) is 5.91 Å². The Bertz CT molecular complexity index is 843. The van der Waals surface area contributed by atoms with Gasteiger partial charge in [0, 0.05) is 15.8 Å². The minimum Gasteiger partial charge on any atom is -0.320 e. The third kappa shape index (κ3) is 3.65. The number of carbonyl (C=O) groups excluding carboxylic acids is 1. The number of hydrogen-bond acceptors (Lipinski definition) is 3. The largest absolute Gasteiger partial charge is 0.446 e. The summed E-state index contributed by atoms with van der Waals surface area (Å²) in [4.78, 5) is 12.2. The van der Waals surface area contributed by atoms with Crippen LogP contribution in [-0.2, 0) is 0 Å². The van der Waals surface area contributed by atoms with E-state index in [4.69, 9.17) is 0 Å². The average Bonchev–Trinajstić information content (AvgIpc) is 2.96. The van der Waals surface area contributed by atoms with Gasteiger partial charge in [0.05, 0.1) is 17.4 Å². The van der Waals surface area contributed by atoms with Crippen LogP contribution in [0.15, 0.2) is 53.6 Å². The smallest absolute Gasteiger partial charge is 0.320 e. The molecule has 118 valence electrons. The first kappa shape index (κ1) is 15.4. The zero-order valence-corrected chi connectivity index (χ0v) is 12.3. The quantitative estimate of drug-likeness (QED) is 0.695. The Balaban J connectivity index is 1.77. The highest BCUT2D eigenvalue weighted by atomic mass is 32.2. The van der Waals surface area contributed by atoms with Gasteiger partial charge >= 0.3 is 5.51 Å². The Hall–Kier alpha value is -2.48. The van der Waals surface area contributed by atoms with Gasteiger partial charge in [0.15, 0.2) is 0 Å². The van der Waals surface area contributed by atoms with E-state index in [-0.39, 0.29) is 22.2 Å². The fourth-order valence-corrected chi connectivity index (χ4v) is 2.61. The van der Waals surface area contributed by atoms with Gasteiger partial charge in [-0.1, -0.05) is 12.1 Å². The molecule has 0 unspecified atom stereocenters. The number of hydrogen-bond donors (Lipinski definition) is 2. The predicted molar refractivity (Wildman–Crippen MR) is 82.4 cm³/mol. The summed E-state index contributed by atoms with van der Waals surface area (Å²) in [7, 11) is 0. The molecule has 1 amide bonds. The molecule has 0 bridgehead atoms. The van der Waals surface area contributed by atoms with Gasteiger partial charge in [-0.3, -0.25) is 9.89 Å². The Morgan fingerprint density at radius 3 is 2.57 bits per heavy atom. The molecule has 0 saturated heterocycles. The van der Waals surface area contributed by atoms with Gasteiger partial charge < -0.3 is 5.32 Å². The van der Waals surface area contributed by atoms with Crippen molar-refractivity contribution in [2.75, 3.05) is 5.32 Å². The molecule has 0 saturated carbocycles. The lowest BCUT2D eigenvalue weighted by atomic mass is 10.2. The van der Waals surface area contributed by atoms with Crippen LogP contribution in [0.5, 0.6) is 0 Å². The number of aromatic nitrogens is 2. The van der Waals surface area contributed by atoms with E-state index < -0.39 is 11.4 Å². The molecule has 0 aliphatic rings. The van der Waals surface area contributed by atoms with Crippen LogP contribution in [0, 0.1) is 0 Å². The molecule has 4 nitrogen and oxygen atoms in total. The van der Waals surface area contributed by atoms with Gasteiger partial charge in [0.1, 0.15) is 0 Å². The lowest BCUT2D eigenvalue weighted by Crippen LogP contribution is -2.12. The predicted octanol–water partition coefficient (Wildman–Crippen LogP) is 4.43. The van der Waals surface area contributed by atoms with Crippen molar-refractivity contribution < 1.29 is 18.0 Å². The second kappa shape index (κ2) is 5.96. The molecule has 3 rings (SSSR count). The molecule has 2 N–H and O–H groups in total. The normalized spacial score (nSPS) is 11.6. The highest BCUT2D eigenvalue weighted by Crippen LogP contribution is 2.36. The molecule has 0 fully saturated rings. The van der Waals surface area contributed by atoms with Crippen LogP contribution in [0.1, 0.15) is 10.4 Å². The summed E-state index contributed by atoms with van der Waals surface area (Å²) in [5.41, 5.74) is -2.84. The Kier molecular flexibility index (Phi) is 3.99. The maximum Gasteiger partial charge on any atom is 0.446 e. The number of aromatic amines is 1. The fourth-order valence-electron chi connectivity index (χ4n) is 2.08. The molecule has 8 heteroatoms. The molecule has 0 atom stereocenters. The molecule has 0 aliphatic carbocycles. The van der Waals surface area contributed by atoms with Crippen LogP contribution in [0.2, 0.25) is 0 Å². The van der Waals surface area contributed by atoms with Crippen LogP contribution in [0.4, 0.5) is 18.9 Å². The van der Waals surface area contributed by atoms with E-state index in [1.807, 2.05) is 6.07 Å². The van der Waals surface area contributed by atoms with E-state index in [1.165, 1.54) is 24.3 Å². The Morgan fingerprint density at radius 1 is 1.13 bits per heavy atom. The summed E-state index contributed by atoms with van der Waals surface area (Å²) in [5.74, 6) is -0.407. The van der Waals surface area contributed by atoms with Crippen molar-refractivity contribution >= 4 is 34.3 Å². The number of benzene rings is 2. The zero-order chi connectivity index (χ0) is 16.4. The van der Waals surface area contributed by atoms with Crippen molar-refractivity contribution in [3.8, 4) is 0 Å². The number of carbonyl (C=O) groups is 1. The Morgan fingerprint density at radius 2 is 1.87 bits per heavy atom. The minimum atomic E-state index is -4.35. The summed E-state index contributed by atoms with van der Waals surface area (Å²) in [5, 5.41) is 10.3. The first-order valence-electron chi connectivity index (χ1n) is 6.52. The summed E-state index contributed by atoms with van der Waals surface area (Å²) in [6.45, 7) is 0. The standard InChI is InChI=1S/C15H10F3N3OS/c16-15(17,18)23-11-6-4-9(5-7-11)14(22)20-12-3-1-2-10-8-19-21-13(10)12/h1-8H,(H,19,21)(H,20,22). The summed E-state index contributed by atoms with van der Waals surface area (Å²) >= 11 is -0.217. The number of nitrogens with zero attached hydrogens (tertiary/aromatic N) is 1. The average molecular weight is 337 g/mol. The number of H-pyrrole nitrogens is 1. The maximum atomic E-state index is 12.3. The van der Waals surface area contributed by atoms with E-state index in [0.29, 0.717) is 11.2 Å². The minimum absolute atomic E-state index is 0.0321. The van der Waals surface area contributed by atoms with E-state index in [2.05, 4.69) is 15.5 Å². The third-order valence-electron chi connectivity index (χ3n) is 3.07. The number of fused-ring (bicyclic) bond motifs is 1. The van der Waals surface area contributed by atoms with Crippen molar-refractivity contribution in [3.05, 3.63) is 54.2 Å². The van der Waals surface area contributed by atoms with E-state index in [1.54, 1.807) is 18.3 Å². The van der Waals surface area contributed by atoms with Crippen molar-refractivity contribution in [2.24, 2.45) is 0 Å². The van der Waals surface area contributed by atoms with Gasteiger partial charge in [0.2, 0.25) is 0 Å². The van der Waals surface area contributed by atoms with E-state index >= 15 is 0 Å². The van der Waals surface area contributed by atoms with Crippen molar-refractivity contribution in [3.63, 3.8) is 0 Å². The van der Waals surface area contributed by atoms with Crippen molar-refractivity contribution in [2.45, 2.75) is 10.4 Å². The second-order valence-corrected chi connectivity index (χ2v) is 5.80. The van der Waals surface area contributed by atoms with Crippen LogP contribution < -0.4 is 5.32 Å². The number of rotatable bonds is 3. The molecular formula is C15H10F3N3OS. The molecular weight excluding hydrogens is 327 g/mol. The molecule has 1 aromatic heterocycles. The number of anilines is 1. The van der Waals surface area contributed by atoms with Crippen LogP contribution in [-0.4, -0.2) is 21.6 Å². The topological polar surface area (TPSA) is 57.8 Å². The molecule has 1 heterocycles. The molecule has 3 aromatic rings. The number of amides is 1. The van der Waals surface area contributed by atoms with Gasteiger partial charge in [-0.25, -0.2) is 0 Å². The molecule has 2 aromatic carbocycles. The number of nitrogens with one attached hydrogen (secondary N) is 2. The second-order valence-electron chi connectivity index (χ2n) is 4.67. The fraction of sp³-hybridized carbons (Fsp3) is 0.0667. The van der Waals surface area contributed by atoms with Crippen molar-refractivity contribution in [1.29, 1.82) is 0 Å². The highest BCUT2D eigenvalue weighted by Gasteiger charge is 2.29.